The van der Waals surface area contributed by atoms with Crippen molar-refractivity contribution in [3.8, 4) is 0 Å². The van der Waals surface area contributed by atoms with Crippen LogP contribution in [0.25, 0.3) is 0 Å². The summed E-state index contributed by atoms with van der Waals surface area (Å²) in [5, 5.41) is 0. The summed E-state index contributed by atoms with van der Waals surface area (Å²) in [5.74, 6) is 0.149. The van der Waals surface area contributed by atoms with Gasteiger partial charge in [0.05, 0.1) is 7.11 Å². The van der Waals surface area contributed by atoms with Crippen LogP contribution >= 0.6 is 0 Å². The van der Waals surface area contributed by atoms with Gasteiger partial charge in [0.1, 0.15) is 6.10 Å². The first-order valence-corrected chi connectivity index (χ1v) is 9.03. The molecule has 1 aliphatic carbocycles. The fourth-order valence-electron chi connectivity index (χ4n) is 3.34. The number of allylic oxidation sites excluding steroid dienone is 2. The van der Waals surface area contributed by atoms with Crippen molar-refractivity contribution in [3.05, 3.63) is 12.2 Å². The van der Waals surface area contributed by atoms with E-state index in [1.54, 1.807) is 0 Å². The second kappa shape index (κ2) is 11.2. The smallest absolute Gasteiger partial charge is 0.306 e. The Balaban J connectivity index is 2.57. The van der Waals surface area contributed by atoms with E-state index in [1.165, 1.54) is 7.11 Å². The molecule has 3 unspecified atom stereocenters. The van der Waals surface area contributed by atoms with Gasteiger partial charge in [0, 0.05) is 18.8 Å². The van der Waals surface area contributed by atoms with E-state index in [1.807, 2.05) is 14.1 Å². The fraction of sp³-hybridized carbons (Fsp3) is 0.789. The van der Waals surface area contributed by atoms with Crippen molar-refractivity contribution >= 4 is 11.9 Å². The summed E-state index contributed by atoms with van der Waals surface area (Å²) in [4.78, 5) is 25.8. The molecule has 0 N–H and O–H groups in total. The highest BCUT2D eigenvalue weighted by molar-refractivity contribution is 5.70. The van der Waals surface area contributed by atoms with Gasteiger partial charge in [0.25, 0.3) is 0 Å². The number of carbonyl (C=O) groups excluding carboxylic acids is 2. The molecule has 0 aromatic carbocycles. The molecule has 24 heavy (non-hydrogen) atoms. The zero-order valence-electron chi connectivity index (χ0n) is 15.6. The number of carbonyl (C=O) groups is 2. The van der Waals surface area contributed by atoms with Gasteiger partial charge in [-0.25, -0.2) is 0 Å². The highest BCUT2D eigenvalue weighted by Gasteiger charge is 2.38. The molecule has 0 aromatic heterocycles. The zero-order chi connectivity index (χ0) is 17.9. The third-order valence-corrected chi connectivity index (χ3v) is 4.64. The number of methoxy groups -OCH3 is 1. The highest BCUT2D eigenvalue weighted by Crippen LogP contribution is 2.39. The van der Waals surface area contributed by atoms with Crippen molar-refractivity contribution in [2.24, 2.45) is 11.8 Å². The maximum absolute atomic E-state index is 12.1. The van der Waals surface area contributed by atoms with Crippen LogP contribution in [0.2, 0.25) is 0 Å². The number of esters is 2. The Kier molecular flexibility index (Phi) is 9.69. The highest BCUT2D eigenvalue weighted by atomic mass is 16.5. The van der Waals surface area contributed by atoms with Crippen LogP contribution < -0.4 is 0 Å². The molecular weight excluding hydrogens is 306 g/mol. The van der Waals surface area contributed by atoms with Crippen LogP contribution in [0.5, 0.6) is 0 Å². The van der Waals surface area contributed by atoms with Crippen molar-refractivity contribution in [1.82, 2.24) is 4.90 Å². The Labute approximate surface area is 146 Å². The lowest BCUT2D eigenvalue weighted by Gasteiger charge is -2.23. The van der Waals surface area contributed by atoms with Crippen molar-refractivity contribution in [3.63, 3.8) is 0 Å². The van der Waals surface area contributed by atoms with E-state index in [9.17, 15) is 9.59 Å². The average Bonchev–Trinajstić information content (AvgIpc) is 2.89. The van der Waals surface area contributed by atoms with Gasteiger partial charge in [0.15, 0.2) is 0 Å². The summed E-state index contributed by atoms with van der Waals surface area (Å²) >= 11 is 0. The molecule has 1 fully saturated rings. The maximum atomic E-state index is 12.1. The first-order chi connectivity index (χ1) is 11.5. The van der Waals surface area contributed by atoms with Gasteiger partial charge in [-0.3, -0.25) is 9.59 Å². The fourth-order valence-corrected chi connectivity index (χ4v) is 3.34. The van der Waals surface area contributed by atoms with Crippen LogP contribution in [0.15, 0.2) is 12.2 Å². The normalized spacial score (nSPS) is 23.8. The van der Waals surface area contributed by atoms with Gasteiger partial charge in [-0.05, 0) is 58.7 Å². The van der Waals surface area contributed by atoms with Crippen LogP contribution in [-0.2, 0) is 19.1 Å². The molecule has 1 rings (SSSR count). The van der Waals surface area contributed by atoms with Crippen LogP contribution in [0.1, 0.15) is 51.9 Å². The third-order valence-electron chi connectivity index (χ3n) is 4.64. The predicted molar refractivity (Wildman–Crippen MR) is 94.6 cm³/mol. The Morgan fingerprint density at radius 2 is 1.92 bits per heavy atom. The number of hydrogen-bond acceptors (Lipinski definition) is 5. The molecule has 0 aliphatic heterocycles. The van der Waals surface area contributed by atoms with E-state index < -0.39 is 0 Å². The van der Waals surface area contributed by atoms with Gasteiger partial charge in [0.2, 0.25) is 0 Å². The summed E-state index contributed by atoms with van der Waals surface area (Å²) in [7, 11) is 5.41. The zero-order valence-corrected chi connectivity index (χ0v) is 15.6. The molecular formula is C19H33NO4. The first kappa shape index (κ1) is 20.7. The summed E-state index contributed by atoms with van der Waals surface area (Å²) in [5.41, 5.74) is 0. The SMILES string of the molecule is CC/C=C\CC1C(CC(=O)OC)CCC1OC(=O)CCCN(C)C. The molecule has 5 nitrogen and oxygen atoms in total. The minimum absolute atomic E-state index is 0.0759. The van der Waals surface area contributed by atoms with E-state index in [0.717, 1.165) is 38.6 Å². The van der Waals surface area contributed by atoms with Crippen molar-refractivity contribution in [2.75, 3.05) is 27.7 Å². The van der Waals surface area contributed by atoms with E-state index in [2.05, 4.69) is 24.0 Å². The standard InChI is InChI=1S/C19H33NO4/c1-5-6-7-9-16-15(14-19(22)23-4)11-12-17(16)24-18(21)10-8-13-20(2)3/h6-7,15-17H,5,8-14H2,1-4H3/b7-6-. The number of ether oxygens (including phenoxy) is 2. The molecule has 0 bridgehead atoms. The Hall–Kier alpha value is -1.36. The number of nitrogens with zero attached hydrogens (tertiary/aromatic N) is 1. The second-order valence-electron chi connectivity index (χ2n) is 6.83. The monoisotopic (exact) mass is 339 g/mol. The lowest BCUT2D eigenvalue weighted by molar-refractivity contribution is -0.151. The van der Waals surface area contributed by atoms with Crippen LogP contribution in [0.4, 0.5) is 0 Å². The lowest BCUT2D eigenvalue weighted by atomic mass is 9.89. The van der Waals surface area contributed by atoms with Gasteiger partial charge >= 0.3 is 11.9 Å². The molecule has 3 atom stereocenters. The summed E-state index contributed by atoms with van der Waals surface area (Å²) < 4.78 is 10.5. The summed E-state index contributed by atoms with van der Waals surface area (Å²) in [6, 6.07) is 0. The second-order valence-corrected chi connectivity index (χ2v) is 6.83. The van der Waals surface area contributed by atoms with E-state index in [0.29, 0.717) is 12.8 Å². The van der Waals surface area contributed by atoms with Crippen molar-refractivity contribution in [1.29, 1.82) is 0 Å². The minimum Gasteiger partial charge on any atom is -0.469 e. The molecule has 1 saturated carbocycles. The van der Waals surface area contributed by atoms with Gasteiger partial charge < -0.3 is 14.4 Å². The van der Waals surface area contributed by atoms with Crippen molar-refractivity contribution < 1.29 is 19.1 Å². The molecule has 5 heteroatoms. The maximum Gasteiger partial charge on any atom is 0.306 e. The molecule has 0 saturated heterocycles. The van der Waals surface area contributed by atoms with E-state index >= 15 is 0 Å². The van der Waals surface area contributed by atoms with Crippen molar-refractivity contribution in [2.45, 2.75) is 58.0 Å². The minimum atomic E-state index is -0.178. The van der Waals surface area contributed by atoms with E-state index in [4.69, 9.17) is 9.47 Å². The lowest BCUT2D eigenvalue weighted by Crippen LogP contribution is -2.26. The molecule has 0 aromatic rings. The summed E-state index contributed by atoms with van der Waals surface area (Å²) in [6.45, 7) is 2.98. The van der Waals surface area contributed by atoms with Crippen LogP contribution in [0.3, 0.4) is 0 Å². The third kappa shape index (κ3) is 7.47. The molecule has 0 radical (unpaired) electrons. The molecule has 138 valence electrons. The van der Waals surface area contributed by atoms with Crippen LogP contribution in [0, 0.1) is 11.8 Å². The number of hydrogen-bond donors (Lipinski definition) is 0. The van der Waals surface area contributed by atoms with Gasteiger partial charge in [-0.15, -0.1) is 0 Å². The molecule has 0 heterocycles. The van der Waals surface area contributed by atoms with Gasteiger partial charge in [-0.2, -0.15) is 0 Å². The largest absolute Gasteiger partial charge is 0.469 e. The van der Waals surface area contributed by atoms with Gasteiger partial charge in [-0.1, -0.05) is 19.1 Å². The molecule has 0 spiro atoms. The first-order valence-electron chi connectivity index (χ1n) is 9.03. The van der Waals surface area contributed by atoms with Crippen LogP contribution in [-0.4, -0.2) is 50.7 Å². The average molecular weight is 339 g/mol. The topological polar surface area (TPSA) is 55.8 Å². The quantitative estimate of drug-likeness (QED) is 0.452. The number of rotatable bonds is 10. The Bertz CT molecular complexity index is 420. The Morgan fingerprint density at radius 1 is 1.17 bits per heavy atom. The Morgan fingerprint density at radius 3 is 2.54 bits per heavy atom. The molecule has 0 amide bonds. The molecule has 1 aliphatic rings. The predicted octanol–water partition coefficient (Wildman–Crippen LogP) is 3.19. The van der Waals surface area contributed by atoms with E-state index in [-0.39, 0.29) is 29.9 Å². The summed E-state index contributed by atoms with van der Waals surface area (Å²) in [6.07, 6.45) is 9.47.